The molecule has 0 aliphatic carbocycles. The Bertz CT molecular complexity index is 597. The molecule has 0 aliphatic heterocycles. The zero-order chi connectivity index (χ0) is 18.1. The Balaban J connectivity index is 2.29. The molecule has 2 N–H and O–H groups in total. The normalized spacial score (nSPS) is 10.4. The van der Waals surface area contributed by atoms with E-state index in [2.05, 4.69) is 24.5 Å². The van der Waals surface area contributed by atoms with E-state index in [9.17, 15) is 14.4 Å². The van der Waals surface area contributed by atoms with Gasteiger partial charge in [0.2, 0.25) is 0 Å². The summed E-state index contributed by atoms with van der Waals surface area (Å²) in [5.74, 6) is -0.847. The number of esters is 1. The molecule has 24 heavy (non-hydrogen) atoms. The first-order valence-corrected chi connectivity index (χ1v) is 8.07. The number of hydrogen-bond donors (Lipinski definition) is 2. The predicted octanol–water partition coefficient (Wildman–Crippen LogP) is 1.74. The van der Waals surface area contributed by atoms with Crippen LogP contribution in [0.25, 0.3) is 0 Å². The number of amides is 2. The molecule has 0 atom stereocenters. The number of benzene rings is 1. The van der Waals surface area contributed by atoms with Crippen LogP contribution >= 0.6 is 0 Å². The minimum atomic E-state index is -0.647. The van der Waals surface area contributed by atoms with Crippen LogP contribution in [0.15, 0.2) is 18.2 Å². The molecule has 0 saturated carbocycles. The average Bonchev–Trinajstić information content (AvgIpc) is 2.52. The second-order valence-electron chi connectivity index (χ2n) is 6.17. The van der Waals surface area contributed by atoms with Gasteiger partial charge in [-0.3, -0.25) is 14.4 Å². The molecular formula is C18H26N2O4. The van der Waals surface area contributed by atoms with E-state index < -0.39 is 5.97 Å². The zero-order valence-corrected chi connectivity index (χ0v) is 14.8. The van der Waals surface area contributed by atoms with Crippen molar-refractivity contribution in [1.29, 1.82) is 0 Å². The smallest absolute Gasteiger partial charge is 0.325 e. The highest BCUT2D eigenvalue weighted by Gasteiger charge is 2.11. The quantitative estimate of drug-likeness (QED) is 0.709. The summed E-state index contributed by atoms with van der Waals surface area (Å²) in [5.41, 5.74) is 2.58. The van der Waals surface area contributed by atoms with E-state index in [0.717, 1.165) is 17.5 Å². The Kier molecular flexibility index (Phi) is 7.95. The lowest BCUT2D eigenvalue weighted by atomic mass is 10.1. The van der Waals surface area contributed by atoms with Crippen molar-refractivity contribution in [3.63, 3.8) is 0 Å². The number of hydrogen-bond acceptors (Lipinski definition) is 4. The number of rotatable bonds is 8. The maximum atomic E-state index is 12.0. The van der Waals surface area contributed by atoms with Gasteiger partial charge in [0.1, 0.15) is 6.54 Å². The van der Waals surface area contributed by atoms with Gasteiger partial charge in [-0.2, -0.15) is 0 Å². The largest absolute Gasteiger partial charge is 0.454 e. The average molecular weight is 334 g/mol. The maximum Gasteiger partial charge on any atom is 0.325 e. The minimum Gasteiger partial charge on any atom is -0.454 e. The van der Waals surface area contributed by atoms with E-state index in [0.29, 0.717) is 18.0 Å². The first kappa shape index (κ1) is 19.7. The van der Waals surface area contributed by atoms with Crippen LogP contribution in [0, 0.1) is 19.8 Å². The molecule has 0 radical (unpaired) electrons. The van der Waals surface area contributed by atoms with Gasteiger partial charge in [-0.1, -0.05) is 19.9 Å². The van der Waals surface area contributed by atoms with Crippen molar-refractivity contribution in [3.05, 3.63) is 34.9 Å². The van der Waals surface area contributed by atoms with E-state index in [1.807, 2.05) is 19.9 Å². The molecule has 0 aliphatic rings. The summed E-state index contributed by atoms with van der Waals surface area (Å²) in [6.07, 6.45) is 0.867. The summed E-state index contributed by atoms with van der Waals surface area (Å²) in [6.45, 7) is 7.94. The van der Waals surface area contributed by atoms with Crippen LogP contribution in [0.2, 0.25) is 0 Å². The molecule has 0 heterocycles. The fourth-order valence-electron chi connectivity index (χ4n) is 1.89. The Morgan fingerprint density at radius 1 is 1.08 bits per heavy atom. The van der Waals surface area contributed by atoms with Crippen molar-refractivity contribution >= 4 is 17.8 Å². The van der Waals surface area contributed by atoms with Gasteiger partial charge in [0, 0.05) is 12.1 Å². The molecule has 1 aromatic rings. The first-order valence-electron chi connectivity index (χ1n) is 8.07. The van der Waals surface area contributed by atoms with Gasteiger partial charge in [0.05, 0.1) is 0 Å². The highest BCUT2D eigenvalue weighted by Crippen LogP contribution is 2.09. The van der Waals surface area contributed by atoms with Crippen molar-refractivity contribution in [2.24, 2.45) is 5.92 Å². The third-order valence-corrected chi connectivity index (χ3v) is 3.57. The summed E-state index contributed by atoms with van der Waals surface area (Å²) in [4.78, 5) is 35.0. The molecular weight excluding hydrogens is 308 g/mol. The number of aryl methyl sites for hydroxylation is 2. The van der Waals surface area contributed by atoms with Gasteiger partial charge in [0.15, 0.2) is 6.61 Å². The Labute approximate surface area is 143 Å². The third kappa shape index (κ3) is 7.26. The minimum absolute atomic E-state index is 0.273. The predicted molar refractivity (Wildman–Crippen MR) is 91.7 cm³/mol. The Morgan fingerprint density at radius 2 is 1.79 bits per heavy atom. The molecule has 6 heteroatoms. The fraction of sp³-hybridized carbons (Fsp3) is 0.500. The van der Waals surface area contributed by atoms with Crippen molar-refractivity contribution in [3.8, 4) is 0 Å². The van der Waals surface area contributed by atoms with Gasteiger partial charge < -0.3 is 15.4 Å². The number of nitrogens with one attached hydrogen (secondary N) is 2. The summed E-state index contributed by atoms with van der Waals surface area (Å²) in [5, 5.41) is 5.15. The summed E-state index contributed by atoms with van der Waals surface area (Å²) < 4.78 is 4.82. The van der Waals surface area contributed by atoms with Gasteiger partial charge in [-0.05, 0) is 49.4 Å². The standard InChI is InChI=1S/C18H26N2O4/c1-12(2)7-8-19-16(21)11-24-17(22)10-20-18(23)15-6-5-13(3)14(4)9-15/h5-6,9,12H,7-8,10-11H2,1-4H3,(H,19,21)(H,20,23). The van der Waals surface area contributed by atoms with Gasteiger partial charge in [0.25, 0.3) is 11.8 Å². The third-order valence-electron chi connectivity index (χ3n) is 3.57. The summed E-state index contributed by atoms with van der Waals surface area (Å²) >= 11 is 0. The van der Waals surface area contributed by atoms with E-state index in [1.54, 1.807) is 12.1 Å². The molecule has 2 amide bonds. The molecule has 0 aromatic heterocycles. The monoisotopic (exact) mass is 334 g/mol. The van der Waals surface area contributed by atoms with E-state index >= 15 is 0 Å². The second kappa shape index (κ2) is 9.70. The highest BCUT2D eigenvalue weighted by molar-refractivity contribution is 5.96. The van der Waals surface area contributed by atoms with Crippen LogP contribution in [0.4, 0.5) is 0 Å². The Hall–Kier alpha value is -2.37. The SMILES string of the molecule is Cc1ccc(C(=O)NCC(=O)OCC(=O)NCCC(C)C)cc1C. The number of carbonyl (C=O) groups is 3. The van der Waals surface area contributed by atoms with Gasteiger partial charge >= 0.3 is 5.97 Å². The molecule has 132 valence electrons. The molecule has 0 spiro atoms. The van der Waals surface area contributed by atoms with Crippen molar-refractivity contribution in [2.75, 3.05) is 19.7 Å². The topological polar surface area (TPSA) is 84.5 Å². The van der Waals surface area contributed by atoms with Crippen LogP contribution in [0.1, 0.15) is 41.8 Å². The molecule has 0 saturated heterocycles. The van der Waals surface area contributed by atoms with Crippen LogP contribution in [-0.2, 0) is 14.3 Å². The van der Waals surface area contributed by atoms with Crippen LogP contribution < -0.4 is 10.6 Å². The lowest BCUT2D eigenvalue weighted by Gasteiger charge is -2.09. The maximum absolute atomic E-state index is 12.0. The van der Waals surface area contributed by atoms with Crippen molar-refractivity contribution in [2.45, 2.75) is 34.1 Å². The summed E-state index contributed by atoms with van der Waals surface area (Å²) in [7, 11) is 0. The highest BCUT2D eigenvalue weighted by atomic mass is 16.5. The van der Waals surface area contributed by atoms with E-state index in [1.165, 1.54) is 0 Å². The Morgan fingerprint density at radius 3 is 2.42 bits per heavy atom. The zero-order valence-electron chi connectivity index (χ0n) is 14.8. The molecule has 6 nitrogen and oxygen atoms in total. The second-order valence-corrected chi connectivity index (χ2v) is 6.17. The van der Waals surface area contributed by atoms with Gasteiger partial charge in [-0.25, -0.2) is 0 Å². The van der Waals surface area contributed by atoms with E-state index in [4.69, 9.17) is 4.74 Å². The molecule has 0 bridgehead atoms. The molecule has 1 rings (SSSR count). The summed E-state index contributed by atoms with van der Waals surface area (Å²) in [6, 6.07) is 5.31. The van der Waals surface area contributed by atoms with E-state index in [-0.39, 0.29) is 25.0 Å². The fourth-order valence-corrected chi connectivity index (χ4v) is 1.89. The van der Waals surface area contributed by atoms with Crippen molar-refractivity contribution < 1.29 is 19.1 Å². The number of ether oxygens (including phenoxy) is 1. The molecule has 1 aromatic carbocycles. The van der Waals surface area contributed by atoms with Crippen LogP contribution in [0.5, 0.6) is 0 Å². The lowest BCUT2D eigenvalue weighted by molar-refractivity contribution is -0.147. The molecule has 0 fully saturated rings. The van der Waals surface area contributed by atoms with Crippen LogP contribution in [0.3, 0.4) is 0 Å². The number of carbonyl (C=O) groups excluding carboxylic acids is 3. The lowest BCUT2D eigenvalue weighted by Crippen LogP contribution is -2.34. The molecule has 0 unspecified atom stereocenters. The van der Waals surface area contributed by atoms with Crippen LogP contribution in [-0.4, -0.2) is 37.5 Å². The van der Waals surface area contributed by atoms with Crippen molar-refractivity contribution in [1.82, 2.24) is 10.6 Å². The first-order chi connectivity index (χ1) is 11.3. The van der Waals surface area contributed by atoms with Gasteiger partial charge in [-0.15, -0.1) is 0 Å².